The zero-order valence-corrected chi connectivity index (χ0v) is 13.6. The van der Waals surface area contributed by atoms with Gasteiger partial charge in [-0.1, -0.05) is 12.1 Å². The van der Waals surface area contributed by atoms with Gasteiger partial charge in [0.15, 0.2) is 0 Å². The third-order valence-electron chi connectivity index (χ3n) is 2.96. The molecule has 0 saturated carbocycles. The summed E-state index contributed by atoms with van der Waals surface area (Å²) in [6, 6.07) is 6.14. The van der Waals surface area contributed by atoms with Gasteiger partial charge in [0.1, 0.15) is 11.8 Å². The van der Waals surface area contributed by atoms with Crippen molar-refractivity contribution in [3.63, 3.8) is 0 Å². The first kappa shape index (κ1) is 18.5. The van der Waals surface area contributed by atoms with E-state index in [0.717, 1.165) is 0 Å². The van der Waals surface area contributed by atoms with E-state index in [4.69, 9.17) is 4.74 Å². The van der Waals surface area contributed by atoms with Crippen LogP contribution in [0.5, 0.6) is 5.75 Å². The van der Waals surface area contributed by atoms with Crippen molar-refractivity contribution in [2.24, 2.45) is 0 Å². The molecule has 0 bridgehead atoms. The lowest BCUT2D eigenvalue weighted by atomic mass is 10.2. The Morgan fingerprint density at radius 3 is 2.48 bits per heavy atom. The lowest BCUT2D eigenvalue weighted by Gasteiger charge is -2.14. The van der Waals surface area contributed by atoms with E-state index in [-0.39, 0.29) is 12.5 Å². The Balaban J connectivity index is 2.53. The van der Waals surface area contributed by atoms with E-state index in [9.17, 15) is 14.4 Å². The number of para-hydroxylation sites is 1. The van der Waals surface area contributed by atoms with Crippen LogP contribution in [0.15, 0.2) is 24.3 Å². The van der Waals surface area contributed by atoms with Crippen molar-refractivity contribution in [3.05, 3.63) is 29.8 Å². The molecule has 1 atom stereocenters. The van der Waals surface area contributed by atoms with E-state index in [1.54, 1.807) is 38.1 Å². The predicted molar refractivity (Wildman–Crippen MR) is 86.2 cm³/mol. The highest BCUT2D eigenvalue weighted by atomic mass is 16.5. The topological polar surface area (TPSA) is 96.5 Å². The van der Waals surface area contributed by atoms with Crippen LogP contribution in [0.2, 0.25) is 0 Å². The zero-order valence-electron chi connectivity index (χ0n) is 13.6. The number of benzene rings is 1. The molecule has 7 nitrogen and oxygen atoms in total. The van der Waals surface area contributed by atoms with Gasteiger partial charge < -0.3 is 20.7 Å². The Labute approximate surface area is 135 Å². The predicted octanol–water partition coefficient (Wildman–Crippen LogP) is 0.456. The number of likely N-dealkylation sites (N-methyl/N-ethyl adjacent to an activating group) is 1. The molecule has 0 saturated heterocycles. The SMILES string of the molecule is CCNC(=O)[C@@H](C)NC(=O)CNC(=O)c1ccccc1OCC. The summed E-state index contributed by atoms with van der Waals surface area (Å²) in [6.45, 7) is 5.91. The lowest BCUT2D eigenvalue weighted by molar-refractivity contribution is -0.128. The molecule has 1 rings (SSSR count). The third kappa shape index (κ3) is 5.98. The van der Waals surface area contributed by atoms with Crippen LogP contribution in [-0.2, 0) is 9.59 Å². The maximum absolute atomic E-state index is 12.1. The van der Waals surface area contributed by atoms with Crippen LogP contribution >= 0.6 is 0 Å². The smallest absolute Gasteiger partial charge is 0.255 e. The second kappa shape index (κ2) is 9.45. The molecule has 0 aliphatic rings. The molecule has 1 aromatic rings. The van der Waals surface area contributed by atoms with Crippen molar-refractivity contribution in [3.8, 4) is 5.75 Å². The van der Waals surface area contributed by atoms with Crippen LogP contribution in [0, 0.1) is 0 Å². The standard InChI is InChI=1S/C16H23N3O4/c1-4-17-15(21)11(3)19-14(20)10-18-16(22)12-8-6-7-9-13(12)23-5-2/h6-9,11H,4-5,10H2,1-3H3,(H,17,21)(H,18,22)(H,19,20)/t11-/m1/s1. The van der Waals surface area contributed by atoms with Crippen molar-refractivity contribution >= 4 is 17.7 Å². The Morgan fingerprint density at radius 2 is 1.83 bits per heavy atom. The summed E-state index contributed by atoms with van der Waals surface area (Å²) >= 11 is 0. The molecule has 0 heterocycles. The molecule has 0 aromatic heterocycles. The van der Waals surface area contributed by atoms with Gasteiger partial charge in [-0.3, -0.25) is 14.4 Å². The molecule has 1 aromatic carbocycles. The zero-order chi connectivity index (χ0) is 17.2. The van der Waals surface area contributed by atoms with Gasteiger partial charge in [0.25, 0.3) is 5.91 Å². The molecule has 0 aliphatic carbocycles. The van der Waals surface area contributed by atoms with E-state index < -0.39 is 17.9 Å². The molecule has 126 valence electrons. The monoisotopic (exact) mass is 321 g/mol. The average molecular weight is 321 g/mol. The van der Waals surface area contributed by atoms with Crippen molar-refractivity contribution in [1.29, 1.82) is 0 Å². The van der Waals surface area contributed by atoms with Gasteiger partial charge >= 0.3 is 0 Å². The Bertz CT molecular complexity index is 560. The van der Waals surface area contributed by atoms with Crippen LogP contribution < -0.4 is 20.7 Å². The van der Waals surface area contributed by atoms with E-state index in [1.165, 1.54) is 0 Å². The highest BCUT2D eigenvalue weighted by Crippen LogP contribution is 2.17. The summed E-state index contributed by atoms with van der Waals surface area (Å²) in [5, 5.41) is 7.63. The minimum Gasteiger partial charge on any atom is -0.493 e. The molecule has 23 heavy (non-hydrogen) atoms. The number of carbonyl (C=O) groups is 3. The molecular weight excluding hydrogens is 298 g/mol. The first-order valence-electron chi connectivity index (χ1n) is 7.56. The van der Waals surface area contributed by atoms with Gasteiger partial charge in [0.2, 0.25) is 11.8 Å². The largest absolute Gasteiger partial charge is 0.493 e. The summed E-state index contributed by atoms with van der Waals surface area (Å²) in [7, 11) is 0. The molecule has 0 radical (unpaired) electrons. The Hall–Kier alpha value is -2.57. The Kier molecular flexibility index (Phi) is 7.59. The summed E-state index contributed by atoms with van der Waals surface area (Å²) in [5.74, 6) is -0.654. The third-order valence-corrected chi connectivity index (χ3v) is 2.96. The molecule has 0 aliphatic heterocycles. The van der Waals surface area contributed by atoms with Crippen LogP contribution in [0.1, 0.15) is 31.1 Å². The van der Waals surface area contributed by atoms with Gasteiger partial charge in [0.05, 0.1) is 18.7 Å². The highest BCUT2D eigenvalue weighted by Gasteiger charge is 2.16. The normalized spacial score (nSPS) is 11.3. The quantitative estimate of drug-likeness (QED) is 0.648. The lowest BCUT2D eigenvalue weighted by Crippen LogP contribution is -2.47. The minimum absolute atomic E-state index is 0.219. The van der Waals surface area contributed by atoms with Gasteiger partial charge in [-0.05, 0) is 32.9 Å². The molecule has 3 N–H and O–H groups in total. The van der Waals surface area contributed by atoms with Crippen LogP contribution in [0.4, 0.5) is 0 Å². The minimum atomic E-state index is -0.657. The molecule has 3 amide bonds. The van der Waals surface area contributed by atoms with E-state index >= 15 is 0 Å². The number of carbonyl (C=O) groups excluding carboxylic acids is 3. The van der Waals surface area contributed by atoms with Gasteiger partial charge in [0, 0.05) is 6.54 Å². The van der Waals surface area contributed by atoms with E-state index in [0.29, 0.717) is 24.5 Å². The second-order valence-electron chi connectivity index (χ2n) is 4.80. The van der Waals surface area contributed by atoms with Crippen LogP contribution in [0.25, 0.3) is 0 Å². The number of ether oxygens (including phenoxy) is 1. The number of hydrogen-bond donors (Lipinski definition) is 3. The maximum Gasteiger partial charge on any atom is 0.255 e. The second-order valence-corrected chi connectivity index (χ2v) is 4.80. The fourth-order valence-corrected chi connectivity index (χ4v) is 1.88. The molecule has 7 heteroatoms. The molecular formula is C16H23N3O4. The van der Waals surface area contributed by atoms with Gasteiger partial charge in [-0.2, -0.15) is 0 Å². The number of hydrogen-bond acceptors (Lipinski definition) is 4. The van der Waals surface area contributed by atoms with Crippen molar-refractivity contribution in [2.45, 2.75) is 26.8 Å². The Morgan fingerprint density at radius 1 is 1.13 bits per heavy atom. The van der Waals surface area contributed by atoms with Crippen molar-refractivity contribution in [2.75, 3.05) is 19.7 Å². The van der Waals surface area contributed by atoms with E-state index in [1.807, 2.05) is 6.92 Å². The van der Waals surface area contributed by atoms with Crippen molar-refractivity contribution in [1.82, 2.24) is 16.0 Å². The molecule has 0 unspecified atom stereocenters. The van der Waals surface area contributed by atoms with Crippen LogP contribution in [-0.4, -0.2) is 43.5 Å². The molecule has 0 spiro atoms. The average Bonchev–Trinajstić information content (AvgIpc) is 2.53. The number of amides is 3. The fraction of sp³-hybridized carbons (Fsp3) is 0.438. The fourth-order valence-electron chi connectivity index (χ4n) is 1.88. The summed E-state index contributed by atoms with van der Waals surface area (Å²) in [6.07, 6.45) is 0. The summed E-state index contributed by atoms with van der Waals surface area (Å²) in [4.78, 5) is 35.4. The van der Waals surface area contributed by atoms with Crippen LogP contribution in [0.3, 0.4) is 0 Å². The molecule has 0 fully saturated rings. The number of nitrogens with one attached hydrogen (secondary N) is 3. The first-order chi connectivity index (χ1) is 11.0. The first-order valence-corrected chi connectivity index (χ1v) is 7.56. The van der Waals surface area contributed by atoms with Gasteiger partial charge in [-0.15, -0.1) is 0 Å². The van der Waals surface area contributed by atoms with Gasteiger partial charge in [-0.25, -0.2) is 0 Å². The maximum atomic E-state index is 12.1. The van der Waals surface area contributed by atoms with Crippen molar-refractivity contribution < 1.29 is 19.1 Å². The number of rotatable bonds is 8. The summed E-state index contributed by atoms with van der Waals surface area (Å²) < 4.78 is 5.37. The highest BCUT2D eigenvalue weighted by molar-refractivity contribution is 5.99. The van der Waals surface area contributed by atoms with E-state index in [2.05, 4.69) is 16.0 Å². The summed E-state index contributed by atoms with van der Waals surface area (Å²) in [5.41, 5.74) is 0.360.